The van der Waals surface area contributed by atoms with Gasteiger partial charge in [-0.25, -0.2) is 9.78 Å². The fourth-order valence-corrected chi connectivity index (χ4v) is 2.76. The number of pyridine rings is 1. The molecule has 2 rings (SSSR count). The average Bonchev–Trinajstić information content (AvgIpc) is 2.51. The van der Waals surface area contributed by atoms with E-state index in [2.05, 4.69) is 10.3 Å². The van der Waals surface area contributed by atoms with Gasteiger partial charge in [0.2, 0.25) is 5.82 Å². The monoisotopic (exact) mass is 336 g/mol. The Kier molecular flexibility index (Phi) is 5.58. The van der Waals surface area contributed by atoms with Gasteiger partial charge in [0, 0.05) is 31.4 Å². The van der Waals surface area contributed by atoms with E-state index in [0.717, 1.165) is 19.3 Å². The van der Waals surface area contributed by atoms with Crippen LogP contribution in [0, 0.1) is 10.1 Å². The molecule has 1 aliphatic rings. The molecular weight excluding hydrogens is 312 g/mol. The summed E-state index contributed by atoms with van der Waals surface area (Å²) in [6.07, 6.45) is 3.86. The predicted molar refractivity (Wildman–Crippen MR) is 90.1 cm³/mol. The minimum absolute atomic E-state index is 0.0123. The number of hydrogen-bond acceptors (Lipinski definition) is 6. The maximum atomic E-state index is 11.8. The standard InChI is InChI=1S/C16H24N4O4/c1-16(2,3)24-15(21)18-11-12-7-4-5-10-19(12)14-13(20(22)23)8-6-9-17-14/h6,8-9,12H,4-5,7,10-11H2,1-3H3,(H,18,21)/t12-/m1/s1. The zero-order valence-corrected chi connectivity index (χ0v) is 14.3. The number of carbonyl (C=O) groups excluding carboxylic acids is 1. The van der Waals surface area contributed by atoms with E-state index in [0.29, 0.717) is 18.9 Å². The highest BCUT2D eigenvalue weighted by molar-refractivity contribution is 5.68. The number of nitrogens with zero attached hydrogens (tertiary/aromatic N) is 3. The summed E-state index contributed by atoms with van der Waals surface area (Å²) in [4.78, 5) is 28.8. The van der Waals surface area contributed by atoms with Crippen molar-refractivity contribution in [2.24, 2.45) is 0 Å². The minimum atomic E-state index is -0.559. The molecule has 2 heterocycles. The largest absolute Gasteiger partial charge is 0.444 e. The molecule has 8 nitrogen and oxygen atoms in total. The second-order valence-electron chi connectivity index (χ2n) is 6.83. The topological polar surface area (TPSA) is 97.6 Å². The highest BCUT2D eigenvalue weighted by atomic mass is 16.6. The van der Waals surface area contributed by atoms with Gasteiger partial charge in [-0.3, -0.25) is 10.1 Å². The average molecular weight is 336 g/mol. The summed E-state index contributed by atoms with van der Waals surface area (Å²) in [6, 6.07) is 2.97. The second kappa shape index (κ2) is 7.46. The number of alkyl carbamates (subject to hydrolysis) is 1. The lowest BCUT2D eigenvalue weighted by atomic mass is 10.0. The van der Waals surface area contributed by atoms with Crippen molar-refractivity contribution < 1.29 is 14.5 Å². The Labute approximate surface area is 141 Å². The Hall–Kier alpha value is -2.38. The Morgan fingerprint density at radius 2 is 2.25 bits per heavy atom. The summed E-state index contributed by atoms with van der Waals surface area (Å²) >= 11 is 0. The van der Waals surface area contributed by atoms with Crippen molar-refractivity contribution in [3.05, 3.63) is 28.4 Å². The lowest BCUT2D eigenvalue weighted by Gasteiger charge is -2.36. The summed E-state index contributed by atoms with van der Waals surface area (Å²) in [5.74, 6) is 0.359. The molecule has 8 heteroatoms. The van der Waals surface area contributed by atoms with Crippen LogP contribution in [-0.4, -0.2) is 40.7 Å². The molecule has 0 saturated carbocycles. The Balaban J connectivity index is 2.09. The molecule has 132 valence electrons. The zero-order chi connectivity index (χ0) is 17.7. The van der Waals surface area contributed by atoms with E-state index < -0.39 is 16.6 Å². The molecule has 1 N–H and O–H groups in total. The third-order valence-corrected chi connectivity index (χ3v) is 3.74. The van der Waals surface area contributed by atoms with Crippen molar-refractivity contribution in [1.82, 2.24) is 10.3 Å². The molecule has 1 atom stereocenters. The van der Waals surface area contributed by atoms with Crippen LogP contribution in [0.1, 0.15) is 40.0 Å². The third kappa shape index (κ3) is 4.81. The second-order valence-corrected chi connectivity index (χ2v) is 6.83. The van der Waals surface area contributed by atoms with E-state index in [1.807, 2.05) is 4.90 Å². The Bertz CT molecular complexity index is 600. The minimum Gasteiger partial charge on any atom is -0.444 e. The van der Waals surface area contributed by atoms with Crippen LogP contribution in [-0.2, 0) is 4.74 Å². The molecule has 0 aliphatic carbocycles. The summed E-state index contributed by atoms with van der Waals surface area (Å²) in [6.45, 7) is 6.45. The first kappa shape index (κ1) is 18.0. The number of hydrogen-bond donors (Lipinski definition) is 1. The molecule has 1 aliphatic heterocycles. The molecule has 24 heavy (non-hydrogen) atoms. The molecule has 0 radical (unpaired) electrons. The fraction of sp³-hybridized carbons (Fsp3) is 0.625. The summed E-state index contributed by atoms with van der Waals surface area (Å²) in [7, 11) is 0. The van der Waals surface area contributed by atoms with Gasteiger partial charge in [-0.1, -0.05) is 0 Å². The molecule has 1 saturated heterocycles. The van der Waals surface area contributed by atoms with Gasteiger partial charge in [0.25, 0.3) is 0 Å². The van der Waals surface area contributed by atoms with E-state index in [9.17, 15) is 14.9 Å². The van der Waals surface area contributed by atoms with Crippen molar-refractivity contribution in [1.29, 1.82) is 0 Å². The number of nitrogens with one attached hydrogen (secondary N) is 1. The molecular formula is C16H24N4O4. The van der Waals surface area contributed by atoms with Gasteiger partial charge in [-0.05, 0) is 46.1 Å². The highest BCUT2D eigenvalue weighted by Crippen LogP contribution is 2.30. The van der Waals surface area contributed by atoms with Crippen molar-refractivity contribution in [3.8, 4) is 0 Å². The molecule has 1 aromatic heterocycles. The number of amides is 1. The Morgan fingerprint density at radius 3 is 2.92 bits per heavy atom. The maximum absolute atomic E-state index is 11.8. The molecule has 1 amide bonds. The van der Waals surface area contributed by atoms with E-state index in [1.165, 1.54) is 6.07 Å². The van der Waals surface area contributed by atoms with Crippen LogP contribution in [0.3, 0.4) is 0 Å². The lowest BCUT2D eigenvalue weighted by Crippen LogP contribution is -2.48. The molecule has 0 aromatic carbocycles. The SMILES string of the molecule is CC(C)(C)OC(=O)NC[C@H]1CCCCN1c1ncccc1[N+](=O)[O-]. The van der Waals surface area contributed by atoms with Crippen molar-refractivity contribution in [3.63, 3.8) is 0 Å². The van der Waals surface area contributed by atoms with Crippen LogP contribution in [0.15, 0.2) is 18.3 Å². The molecule has 1 fully saturated rings. The van der Waals surface area contributed by atoms with Gasteiger partial charge >= 0.3 is 11.8 Å². The van der Waals surface area contributed by atoms with Crippen LogP contribution in [0.25, 0.3) is 0 Å². The zero-order valence-electron chi connectivity index (χ0n) is 14.3. The quantitative estimate of drug-likeness (QED) is 0.670. The van der Waals surface area contributed by atoms with Gasteiger partial charge in [-0.2, -0.15) is 0 Å². The van der Waals surface area contributed by atoms with E-state index in [1.54, 1.807) is 33.0 Å². The fourth-order valence-electron chi connectivity index (χ4n) is 2.76. The van der Waals surface area contributed by atoms with Crippen LogP contribution < -0.4 is 10.2 Å². The third-order valence-electron chi connectivity index (χ3n) is 3.74. The normalized spacial score (nSPS) is 18.1. The van der Waals surface area contributed by atoms with Crippen molar-refractivity contribution in [2.45, 2.75) is 51.7 Å². The number of aromatic nitrogens is 1. The molecule has 0 unspecified atom stereocenters. The first-order valence-electron chi connectivity index (χ1n) is 8.11. The van der Waals surface area contributed by atoms with Gasteiger partial charge in [0.05, 0.1) is 4.92 Å². The van der Waals surface area contributed by atoms with E-state index >= 15 is 0 Å². The summed E-state index contributed by atoms with van der Waals surface area (Å²) < 4.78 is 5.24. The number of nitro groups is 1. The smallest absolute Gasteiger partial charge is 0.407 e. The Morgan fingerprint density at radius 1 is 1.50 bits per heavy atom. The predicted octanol–water partition coefficient (Wildman–Crippen LogP) is 2.87. The first-order valence-corrected chi connectivity index (χ1v) is 8.11. The number of anilines is 1. The highest BCUT2D eigenvalue weighted by Gasteiger charge is 2.29. The number of piperidine rings is 1. The maximum Gasteiger partial charge on any atom is 0.407 e. The van der Waals surface area contributed by atoms with Crippen LogP contribution in [0.2, 0.25) is 0 Å². The molecule has 1 aromatic rings. The van der Waals surface area contributed by atoms with Gasteiger partial charge in [0.15, 0.2) is 0 Å². The number of ether oxygens (including phenoxy) is 1. The van der Waals surface area contributed by atoms with Crippen LogP contribution in [0.5, 0.6) is 0 Å². The number of carbonyl (C=O) groups is 1. The van der Waals surface area contributed by atoms with Crippen molar-refractivity contribution in [2.75, 3.05) is 18.0 Å². The first-order chi connectivity index (χ1) is 11.3. The molecule has 0 spiro atoms. The van der Waals surface area contributed by atoms with Crippen LogP contribution in [0.4, 0.5) is 16.3 Å². The lowest BCUT2D eigenvalue weighted by molar-refractivity contribution is -0.384. The van der Waals surface area contributed by atoms with E-state index in [4.69, 9.17) is 4.74 Å². The summed E-state index contributed by atoms with van der Waals surface area (Å²) in [5, 5.41) is 14.0. The van der Waals surface area contributed by atoms with E-state index in [-0.39, 0.29) is 11.7 Å². The van der Waals surface area contributed by atoms with Crippen molar-refractivity contribution >= 4 is 17.6 Å². The van der Waals surface area contributed by atoms with Crippen LogP contribution >= 0.6 is 0 Å². The van der Waals surface area contributed by atoms with Gasteiger partial charge < -0.3 is 15.0 Å². The number of rotatable bonds is 4. The molecule has 0 bridgehead atoms. The summed E-state index contributed by atoms with van der Waals surface area (Å²) in [5.41, 5.74) is -0.572. The van der Waals surface area contributed by atoms with Gasteiger partial charge in [0.1, 0.15) is 5.60 Å². The van der Waals surface area contributed by atoms with Gasteiger partial charge in [-0.15, -0.1) is 0 Å².